The molecule has 1 atom stereocenters. The van der Waals surface area contributed by atoms with E-state index in [1.165, 1.54) is 22.3 Å². The maximum absolute atomic E-state index is 11.6. The van der Waals surface area contributed by atoms with Crippen molar-refractivity contribution in [3.63, 3.8) is 0 Å². The second-order valence-corrected chi connectivity index (χ2v) is 11.0. The number of hydrogen-bond acceptors (Lipinski definition) is 4. The fraction of sp³-hybridized carbons (Fsp3) is 0.344. The van der Waals surface area contributed by atoms with Crippen LogP contribution in [0.3, 0.4) is 0 Å². The first kappa shape index (κ1) is 26.6. The third-order valence-corrected chi connectivity index (χ3v) is 8.12. The van der Waals surface area contributed by atoms with Crippen LogP contribution in [0, 0.1) is 12.8 Å². The van der Waals surface area contributed by atoms with Gasteiger partial charge in [-0.25, -0.2) is 4.98 Å². The molecule has 2 N–H and O–H groups in total. The third-order valence-electron chi connectivity index (χ3n) is 7.87. The first-order chi connectivity index (χ1) is 18.5. The number of aromatic nitrogens is 2. The lowest BCUT2D eigenvalue weighted by Crippen LogP contribution is -2.44. The maximum Gasteiger partial charge on any atom is 0.120 e. The zero-order chi connectivity index (χ0) is 26.4. The minimum Gasteiger partial charge on any atom is -0.382 e. The summed E-state index contributed by atoms with van der Waals surface area (Å²) in [6.07, 6.45) is 7.68. The van der Waals surface area contributed by atoms with Gasteiger partial charge >= 0.3 is 0 Å². The summed E-state index contributed by atoms with van der Waals surface area (Å²) in [5.41, 5.74) is 5.20. The van der Waals surface area contributed by atoms with Crippen LogP contribution in [0.4, 0.5) is 0 Å². The minimum absolute atomic E-state index is 0.432. The van der Waals surface area contributed by atoms with Gasteiger partial charge < -0.3 is 15.0 Å². The second-order valence-electron chi connectivity index (χ2n) is 10.6. The van der Waals surface area contributed by atoms with E-state index < -0.39 is 5.60 Å². The fourth-order valence-corrected chi connectivity index (χ4v) is 5.68. The third kappa shape index (κ3) is 6.54. The highest BCUT2D eigenvalue weighted by atomic mass is 35.5. The van der Waals surface area contributed by atoms with E-state index in [0.717, 1.165) is 44.6 Å². The number of benzene rings is 3. The molecule has 0 aliphatic carbocycles. The summed E-state index contributed by atoms with van der Waals surface area (Å²) in [7, 11) is 0. The number of nitrogens with zero attached hydrogens (tertiary/aromatic N) is 3. The van der Waals surface area contributed by atoms with Crippen molar-refractivity contribution in [2.75, 3.05) is 26.2 Å². The number of rotatable bonds is 10. The lowest BCUT2D eigenvalue weighted by Gasteiger charge is -2.34. The molecule has 3 aromatic carbocycles. The first-order valence-electron chi connectivity index (χ1n) is 13.5. The van der Waals surface area contributed by atoms with Crippen molar-refractivity contribution in [1.29, 1.82) is 0 Å². The first-order valence-corrected chi connectivity index (χ1v) is 13.9. The Bertz CT molecular complexity index is 1290. The van der Waals surface area contributed by atoms with E-state index in [1.807, 2.05) is 35.0 Å². The van der Waals surface area contributed by atoms with Crippen molar-refractivity contribution >= 4 is 11.6 Å². The molecule has 1 unspecified atom stereocenters. The van der Waals surface area contributed by atoms with E-state index in [0.29, 0.717) is 24.0 Å². The van der Waals surface area contributed by atoms with E-state index in [4.69, 9.17) is 11.6 Å². The summed E-state index contributed by atoms with van der Waals surface area (Å²) in [4.78, 5) is 6.72. The molecule has 1 fully saturated rings. The second kappa shape index (κ2) is 12.3. The van der Waals surface area contributed by atoms with Crippen LogP contribution < -0.4 is 5.32 Å². The Balaban J connectivity index is 1.14. The predicted molar refractivity (Wildman–Crippen MR) is 155 cm³/mol. The van der Waals surface area contributed by atoms with E-state index in [-0.39, 0.29) is 0 Å². The van der Waals surface area contributed by atoms with Crippen LogP contribution in [0.15, 0.2) is 91.5 Å². The Hall–Kier alpha value is -2.96. The molecule has 1 aromatic heterocycles. The zero-order valence-electron chi connectivity index (χ0n) is 22.1. The van der Waals surface area contributed by atoms with Gasteiger partial charge in [-0.1, -0.05) is 72.3 Å². The number of aliphatic hydroxyl groups is 1. The number of likely N-dealkylation sites (tertiary alicyclic amines) is 1. The molecule has 6 heteroatoms. The lowest BCUT2D eigenvalue weighted by atomic mass is 9.92. The maximum atomic E-state index is 11.6. The van der Waals surface area contributed by atoms with Crippen LogP contribution in [0.2, 0.25) is 5.02 Å². The highest BCUT2D eigenvalue weighted by Crippen LogP contribution is 2.28. The summed E-state index contributed by atoms with van der Waals surface area (Å²) in [6, 6.07) is 24.8. The Morgan fingerprint density at radius 3 is 2.47 bits per heavy atom. The minimum atomic E-state index is -1.05. The molecule has 0 saturated carbocycles. The SMILES string of the molecule is Cc1c(CN2CCC(CNCC(O)(Cn3ccnc3)c3ccc(Cl)cc3)CC2)cccc1-c1ccccc1. The quantitative estimate of drug-likeness (QED) is 0.269. The van der Waals surface area contributed by atoms with E-state index >= 15 is 0 Å². The van der Waals surface area contributed by atoms with E-state index in [9.17, 15) is 5.11 Å². The van der Waals surface area contributed by atoms with Crippen LogP contribution >= 0.6 is 11.6 Å². The molecule has 0 bridgehead atoms. The Morgan fingerprint density at radius 1 is 1.00 bits per heavy atom. The molecule has 0 spiro atoms. The Morgan fingerprint density at radius 2 is 1.76 bits per heavy atom. The molecular formula is C32H37ClN4O. The molecule has 5 rings (SSSR count). The molecule has 0 amide bonds. The fourth-order valence-electron chi connectivity index (χ4n) is 5.55. The largest absolute Gasteiger partial charge is 0.382 e. The summed E-state index contributed by atoms with van der Waals surface area (Å²) in [6.45, 7) is 7.24. The van der Waals surface area contributed by atoms with Gasteiger partial charge in [0.1, 0.15) is 5.60 Å². The molecule has 2 heterocycles. The molecule has 38 heavy (non-hydrogen) atoms. The van der Waals surface area contributed by atoms with Crippen molar-refractivity contribution in [2.45, 2.75) is 38.5 Å². The monoisotopic (exact) mass is 528 g/mol. The normalized spacial score (nSPS) is 16.4. The Labute approximate surface area is 231 Å². The summed E-state index contributed by atoms with van der Waals surface area (Å²) in [5.74, 6) is 0.603. The number of nitrogens with one attached hydrogen (secondary N) is 1. The number of imidazole rings is 1. The lowest BCUT2D eigenvalue weighted by molar-refractivity contribution is 0.0172. The van der Waals surface area contributed by atoms with Gasteiger partial charge in [0.25, 0.3) is 0 Å². The van der Waals surface area contributed by atoms with Crippen molar-refractivity contribution in [3.05, 3.63) is 113 Å². The molecule has 198 valence electrons. The van der Waals surface area contributed by atoms with Crippen molar-refractivity contribution < 1.29 is 5.11 Å². The highest BCUT2D eigenvalue weighted by molar-refractivity contribution is 6.30. The van der Waals surface area contributed by atoms with Crippen LogP contribution in [0.1, 0.15) is 29.5 Å². The van der Waals surface area contributed by atoms with Crippen LogP contribution in [-0.4, -0.2) is 45.7 Å². The van der Waals surface area contributed by atoms with Gasteiger partial charge in [0.2, 0.25) is 0 Å². The van der Waals surface area contributed by atoms with Gasteiger partial charge in [-0.3, -0.25) is 4.90 Å². The van der Waals surface area contributed by atoms with Gasteiger partial charge in [-0.15, -0.1) is 0 Å². The highest BCUT2D eigenvalue weighted by Gasteiger charge is 2.30. The summed E-state index contributed by atoms with van der Waals surface area (Å²) in [5, 5.41) is 15.9. The van der Waals surface area contributed by atoms with Crippen LogP contribution in [-0.2, 0) is 18.7 Å². The molecule has 4 aromatic rings. The van der Waals surface area contributed by atoms with Crippen molar-refractivity contribution in [2.24, 2.45) is 5.92 Å². The van der Waals surface area contributed by atoms with E-state index in [2.05, 4.69) is 70.7 Å². The van der Waals surface area contributed by atoms with Crippen molar-refractivity contribution in [1.82, 2.24) is 19.8 Å². The Kier molecular flexibility index (Phi) is 8.60. The molecular weight excluding hydrogens is 492 g/mol. The van der Waals surface area contributed by atoms with Crippen LogP contribution in [0.5, 0.6) is 0 Å². The standard InChI is InChI=1S/C32H37ClN4O/c1-25-28(8-5-9-31(25)27-6-3-2-4-7-27)21-36-17-14-26(15-18-36)20-35-22-32(38,23-37-19-16-34-24-37)29-10-12-30(33)13-11-29/h2-13,16,19,24,26,35,38H,14-15,17-18,20-23H2,1H3. The molecule has 1 aliphatic heterocycles. The number of piperidine rings is 1. The molecule has 1 saturated heterocycles. The van der Waals surface area contributed by atoms with Gasteiger partial charge in [0.05, 0.1) is 12.9 Å². The van der Waals surface area contributed by atoms with Crippen LogP contribution in [0.25, 0.3) is 11.1 Å². The molecule has 1 aliphatic rings. The predicted octanol–water partition coefficient (Wildman–Crippen LogP) is 5.90. The summed E-state index contributed by atoms with van der Waals surface area (Å²) < 4.78 is 1.92. The summed E-state index contributed by atoms with van der Waals surface area (Å²) >= 11 is 6.10. The van der Waals surface area contributed by atoms with Gasteiger partial charge in [0, 0.05) is 30.5 Å². The topological polar surface area (TPSA) is 53.3 Å². The average Bonchev–Trinajstić information content (AvgIpc) is 3.44. The number of halogens is 1. The van der Waals surface area contributed by atoms with Crippen molar-refractivity contribution in [3.8, 4) is 11.1 Å². The number of hydrogen-bond donors (Lipinski definition) is 2. The van der Waals surface area contributed by atoms with Gasteiger partial charge in [0.15, 0.2) is 0 Å². The van der Waals surface area contributed by atoms with E-state index in [1.54, 1.807) is 12.5 Å². The average molecular weight is 529 g/mol. The molecule has 0 radical (unpaired) electrons. The van der Waals surface area contributed by atoms with Gasteiger partial charge in [-0.2, -0.15) is 0 Å². The van der Waals surface area contributed by atoms with Gasteiger partial charge in [-0.05, 0) is 85.3 Å². The smallest absolute Gasteiger partial charge is 0.120 e. The zero-order valence-corrected chi connectivity index (χ0v) is 22.8. The molecule has 5 nitrogen and oxygen atoms in total.